The van der Waals surface area contributed by atoms with Gasteiger partial charge in [0, 0.05) is 25.1 Å². The van der Waals surface area contributed by atoms with Crippen molar-refractivity contribution in [3.63, 3.8) is 0 Å². The topological polar surface area (TPSA) is 20.3 Å². The van der Waals surface area contributed by atoms with Crippen molar-refractivity contribution >= 4 is 11.4 Å². The van der Waals surface area contributed by atoms with Crippen molar-refractivity contribution in [1.29, 1.82) is 0 Å². The lowest BCUT2D eigenvalue weighted by molar-refractivity contribution is 0.0974. The summed E-state index contributed by atoms with van der Waals surface area (Å²) in [6.45, 7) is 3.13. The lowest BCUT2D eigenvalue weighted by Crippen LogP contribution is -2.32. The summed E-state index contributed by atoms with van der Waals surface area (Å²) >= 11 is 0. The Morgan fingerprint density at radius 1 is 0.667 bits per heavy atom. The molecular formula is C28H29NO. The fourth-order valence-electron chi connectivity index (χ4n) is 4.31. The normalized spacial score (nSPS) is 14.5. The molecule has 0 aromatic heterocycles. The maximum absolute atomic E-state index is 12.3. The van der Waals surface area contributed by atoms with Crippen LogP contribution in [-0.4, -0.2) is 30.3 Å². The summed E-state index contributed by atoms with van der Waals surface area (Å²) < 4.78 is 0. The maximum Gasteiger partial charge on any atom is 0.162 e. The predicted molar refractivity (Wildman–Crippen MR) is 125 cm³/mol. The van der Waals surface area contributed by atoms with Gasteiger partial charge in [-0.2, -0.15) is 0 Å². The third kappa shape index (κ3) is 5.14. The summed E-state index contributed by atoms with van der Waals surface area (Å²) in [5, 5.41) is 0. The molecule has 2 heteroatoms. The number of ketones is 1. The van der Waals surface area contributed by atoms with E-state index in [9.17, 15) is 4.79 Å². The Bertz CT molecular complexity index is 925. The molecule has 3 aromatic rings. The summed E-state index contributed by atoms with van der Waals surface area (Å²) in [7, 11) is 0. The molecule has 0 atom stereocenters. The highest BCUT2D eigenvalue weighted by Gasteiger charge is 2.19. The molecule has 3 aromatic carbocycles. The van der Waals surface area contributed by atoms with Crippen LogP contribution in [0.15, 0.2) is 96.6 Å². The number of hydrogen-bond donors (Lipinski definition) is 0. The van der Waals surface area contributed by atoms with Crippen LogP contribution >= 0.6 is 0 Å². The van der Waals surface area contributed by atoms with Crippen molar-refractivity contribution in [1.82, 2.24) is 4.90 Å². The summed E-state index contributed by atoms with van der Waals surface area (Å²) in [6.07, 6.45) is 3.73. The second-order valence-corrected chi connectivity index (χ2v) is 7.95. The molecule has 1 aliphatic heterocycles. The smallest absolute Gasteiger partial charge is 0.162 e. The molecule has 0 saturated carbocycles. The van der Waals surface area contributed by atoms with Crippen molar-refractivity contribution < 1.29 is 4.79 Å². The van der Waals surface area contributed by atoms with Gasteiger partial charge in [0.25, 0.3) is 0 Å². The first-order valence-corrected chi connectivity index (χ1v) is 10.9. The molecule has 1 heterocycles. The highest BCUT2D eigenvalue weighted by atomic mass is 16.1. The van der Waals surface area contributed by atoms with Crippen LogP contribution in [0.4, 0.5) is 0 Å². The fourth-order valence-corrected chi connectivity index (χ4v) is 4.31. The minimum atomic E-state index is 0.253. The molecule has 0 radical (unpaired) electrons. The molecule has 0 amide bonds. The van der Waals surface area contributed by atoms with Gasteiger partial charge in [-0.3, -0.25) is 4.79 Å². The Balaban J connectivity index is 1.38. The highest BCUT2D eigenvalue weighted by molar-refractivity contribution is 5.95. The van der Waals surface area contributed by atoms with E-state index < -0.39 is 0 Å². The van der Waals surface area contributed by atoms with E-state index in [1.807, 2.05) is 30.3 Å². The first-order valence-electron chi connectivity index (χ1n) is 10.9. The zero-order valence-corrected chi connectivity index (χ0v) is 17.5. The quantitative estimate of drug-likeness (QED) is 0.441. The van der Waals surface area contributed by atoms with Gasteiger partial charge >= 0.3 is 0 Å². The fraction of sp³-hybridized carbons (Fsp3) is 0.250. The highest BCUT2D eigenvalue weighted by Crippen LogP contribution is 2.32. The van der Waals surface area contributed by atoms with Crippen LogP contribution < -0.4 is 0 Å². The van der Waals surface area contributed by atoms with E-state index in [0.29, 0.717) is 6.42 Å². The first kappa shape index (κ1) is 20.3. The monoisotopic (exact) mass is 395 g/mol. The molecule has 2 nitrogen and oxygen atoms in total. The third-order valence-electron chi connectivity index (χ3n) is 5.91. The van der Waals surface area contributed by atoms with Crippen molar-refractivity contribution in [2.24, 2.45) is 0 Å². The van der Waals surface area contributed by atoms with Crippen LogP contribution in [0, 0.1) is 0 Å². The molecule has 30 heavy (non-hydrogen) atoms. The minimum absolute atomic E-state index is 0.253. The summed E-state index contributed by atoms with van der Waals surface area (Å²) in [4.78, 5) is 14.8. The molecule has 0 bridgehead atoms. The number of Topliss-reactive ketones (excluding diaryl/α,β-unsaturated/α-hetero) is 1. The van der Waals surface area contributed by atoms with E-state index in [0.717, 1.165) is 44.5 Å². The zero-order valence-electron chi connectivity index (χ0n) is 17.5. The average molecular weight is 396 g/mol. The van der Waals surface area contributed by atoms with E-state index in [1.165, 1.54) is 16.7 Å². The van der Waals surface area contributed by atoms with Gasteiger partial charge in [-0.05, 0) is 42.5 Å². The largest absolute Gasteiger partial charge is 0.303 e. The van der Waals surface area contributed by atoms with Crippen molar-refractivity contribution in [2.75, 3.05) is 19.6 Å². The molecule has 1 fully saturated rings. The minimum Gasteiger partial charge on any atom is -0.303 e. The van der Waals surface area contributed by atoms with Crippen molar-refractivity contribution in [3.05, 3.63) is 113 Å². The van der Waals surface area contributed by atoms with Crippen LogP contribution in [0.3, 0.4) is 0 Å². The Labute approximate surface area is 179 Å². The van der Waals surface area contributed by atoms with E-state index in [2.05, 4.69) is 65.6 Å². The zero-order chi connectivity index (χ0) is 20.6. The second-order valence-electron chi connectivity index (χ2n) is 7.95. The van der Waals surface area contributed by atoms with E-state index in [1.54, 1.807) is 5.57 Å². The van der Waals surface area contributed by atoms with E-state index >= 15 is 0 Å². The molecule has 0 N–H and O–H groups in total. The number of rotatable bonds is 7. The molecule has 152 valence electrons. The number of nitrogens with zero attached hydrogens (tertiary/aromatic N) is 1. The van der Waals surface area contributed by atoms with E-state index in [4.69, 9.17) is 0 Å². The SMILES string of the molecule is O=C(CCCN1CCC(=C(c2ccccc2)c2ccccc2)CC1)c1ccccc1. The first-order chi connectivity index (χ1) is 14.8. The number of carbonyl (C=O) groups is 1. The van der Waals surface area contributed by atoms with Crippen LogP contribution in [0.2, 0.25) is 0 Å². The van der Waals surface area contributed by atoms with Crippen molar-refractivity contribution in [3.8, 4) is 0 Å². The predicted octanol–water partition coefficient (Wildman–Crippen LogP) is 6.25. The lowest BCUT2D eigenvalue weighted by atomic mass is 9.88. The molecule has 0 aliphatic carbocycles. The van der Waals surface area contributed by atoms with Gasteiger partial charge in [-0.1, -0.05) is 96.6 Å². The standard InChI is InChI=1S/C28H29NO/c30-27(23-11-4-1-5-12-23)17-10-20-29-21-18-26(19-22-29)28(24-13-6-2-7-14-24)25-15-8-3-9-16-25/h1-9,11-16H,10,17-22H2. The molecule has 0 spiro atoms. The molecule has 0 unspecified atom stereocenters. The number of hydrogen-bond acceptors (Lipinski definition) is 2. The molecule has 1 saturated heterocycles. The molecule has 1 aliphatic rings. The van der Waals surface area contributed by atoms with Gasteiger partial charge in [-0.15, -0.1) is 0 Å². The van der Waals surface area contributed by atoms with Gasteiger partial charge in [0.1, 0.15) is 0 Å². The molecule has 4 rings (SSSR count). The Morgan fingerprint density at radius 2 is 1.13 bits per heavy atom. The van der Waals surface area contributed by atoms with E-state index in [-0.39, 0.29) is 5.78 Å². The number of carbonyl (C=O) groups excluding carboxylic acids is 1. The van der Waals surface area contributed by atoms with Crippen LogP contribution in [-0.2, 0) is 0 Å². The van der Waals surface area contributed by atoms with Crippen LogP contribution in [0.25, 0.3) is 5.57 Å². The number of piperidine rings is 1. The van der Waals surface area contributed by atoms with Gasteiger partial charge in [0.2, 0.25) is 0 Å². The third-order valence-corrected chi connectivity index (χ3v) is 5.91. The summed E-state index contributed by atoms with van der Waals surface area (Å²) in [6, 6.07) is 31.2. The molecular weight excluding hydrogens is 366 g/mol. The number of likely N-dealkylation sites (tertiary alicyclic amines) is 1. The Hall–Kier alpha value is -2.97. The Kier molecular flexibility index (Phi) is 6.89. The van der Waals surface area contributed by atoms with Gasteiger partial charge in [0.15, 0.2) is 5.78 Å². The van der Waals surface area contributed by atoms with Gasteiger partial charge < -0.3 is 4.90 Å². The average Bonchev–Trinajstić information content (AvgIpc) is 2.82. The van der Waals surface area contributed by atoms with Crippen LogP contribution in [0.1, 0.15) is 47.2 Å². The van der Waals surface area contributed by atoms with Gasteiger partial charge in [-0.25, -0.2) is 0 Å². The lowest BCUT2D eigenvalue weighted by Gasteiger charge is -2.30. The Morgan fingerprint density at radius 3 is 1.63 bits per heavy atom. The number of benzene rings is 3. The second kappa shape index (κ2) is 10.2. The van der Waals surface area contributed by atoms with Gasteiger partial charge in [0.05, 0.1) is 0 Å². The summed E-state index contributed by atoms with van der Waals surface area (Å²) in [5.74, 6) is 0.253. The van der Waals surface area contributed by atoms with Crippen LogP contribution in [0.5, 0.6) is 0 Å². The maximum atomic E-state index is 12.3. The van der Waals surface area contributed by atoms with Crippen molar-refractivity contribution in [2.45, 2.75) is 25.7 Å². The summed E-state index contributed by atoms with van der Waals surface area (Å²) in [5.41, 5.74) is 6.39.